The Morgan fingerprint density at radius 1 is 1.00 bits per heavy atom. The standard InChI is InChI=1S/C20H22N2O/c1-15-6-8-17(9-7-15)22-14-16-4-2-3-5-18(16)20(19(22)21)10-12-23-13-11-20/h2-9,21H,10-14H2,1H3. The second-order valence-corrected chi connectivity index (χ2v) is 6.62. The quantitative estimate of drug-likeness (QED) is 0.863. The summed E-state index contributed by atoms with van der Waals surface area (Å²) in [7, 11) is 0. The molecule has 1 saturated heterocycles. The van der Waals surface area contributed by atoms with Gasteiger partial charge >= 0.3 is 0 Å². The molecule has 0 atom stereocenters. The molecular formula is C20H22N2O. The minimum absolute atomic E-state index is 0.196. The molecule has 3 nitrogen and oxygen atoms in total. The molecule has 0 radical (unpaired) electrons. The predicted octanol–water partition coefficient (Wildman–Crippen LogP) is 4.04. The second-order valence-electron chi connectivity index (χ2n) is 6.62. The maximum absolute atomic E-state index is 8.98. The largest absolute Gasteiger partial charge is 0.381 e. The highest BCUT2D eigenvalue weighted by atomic mass is 16.5. The van der Waals surface area contributed by atoms with Crippen molar-refractivity contribution in [3.8, 4) is 0 Å². The Balaban J connectivity index is 1.82. The van der Waals surface area contributed by atoms with Crippen LogP contribution in [0.5, 0.6) is 0 Å². The number of aryl methyl sites for hydroxylation is 1. The van der Waals surface area contributed by atoms with E-state index in [9.17, 15) is 0 Å². The van der Waals surface area contributed by atoms with Crippen LogP contribution >= 0.6 is 0 Å². The van der Waals surface area contributed by atoms with E-state index < -0.39 is 0 Å². The smallest absolute Gasteiger partial charge is 0.112 e. The molecule has 0 aliphatic carbocycles. The summed E-state index contributed by atoms with van der Waals surface area (Å²) in [4.78, 5) is 2.17. The Bertz CT molecular complexity index is 730. The van der Waals surface area contributed by atoms with Crippen molar-refractivity contribution in [3.63, 3.8) is 0 Å². The van der Waals surface area contributed by atoms with Gasteiger partial charge in [-0.25, -0.2) is 0 Å². The number of nitrogens with zero attached hydrogens (tertiary/aromatic N) is 1. The minimum atomic E-state index is -0.196. The maximum Gasteiger partial charge on any atom is 0.112 e. The summed E-state index contributed by atoms with van der Waals surface area (Å²) in [5.41, 5.74) is 4.83. The van der Waals surface area contributed by atoms with Crippen molar-refractivity contribution in [3.05, 3.63) is 65.2 Å². The van der Waals surface area contributed by atoms with E-state index >= 15 is 0 Å². The van der Waals surface area contributed by atoms with Gasteiger partial charge in [0.1, 0.15) is 5.84 Å². The molecule has 0 bridgehead atoms. The monoisotopic (exact) mass is 306 g/mol. The molecule has 0 amide bonds. The Morgan fingerprint density at radius 2 is 1.70 bits per heavy atom. The number of hydrogen-bond donors (Lipinski definition) is 1. The molecule has 3 heteroatoms. The Kier molecular flexibility index (Phi) is 3.46. The van der Waals surface area contributed by atoms with E-state index in [0.29, 0.717) is 0 Å². The Morgan fingerprint density at radius 3 is 2.43 bits per heavy atom. The van der Waals surface area contributed by atoms with E-state index in [2.05, 4.69) is 60.4 Å². The molecule has 4 rings (SSSR count). The van der Waals surface area contributed by atoms with E-state index in [-0.39, 0.29) is 5.41 Å². The molecule has 2 aliphatic heterocycles. The van der Waals surface area contributed by atoms with E-state index in [1.807, 2.05) is 0 Å². The highest BCUT2D eigenvalue weighted by Crippen LogP contribution is 2.43. The summed E-state index contributed by atoms with van der Waals surface area (Å²) >= 11 is 0. The lowest BCUT2D eigenvalue weighted by molar-refractivity contribution is 0.0692. The summed E-state index contributed by atoms with van der Waals surface area (Å²) in [6.07, 6.45) is 1.79. The lowest BCUT2D eigenvalue weighted by atomic mass is 9.69. The first-order valence-electron chi connectivity index (χ1n) is 8.30. The number of hydrogen-bond acceptors (Lipinski definition) is 2. The van der Waals surface area contributed by atoms with Gasteiger partial charge in [0.25, 0.3) is 0 Å². The molecule has 118 valence electrons. The second kappa shape index (κ2) is 5.50. The number of nitrogens with one attached hydrogen (secondary N) is 1. The molecule has 1 spiro atoms. The number of ether oxygens (including phenoxy) is 1. The molecule has 2 heterocycles. The first-order chi connectivity index (χ1) is 11.2. The fraction of sp³-hybridized carbons (Fsp3) is 0.350. The summed E-state index contributed by atoms with van der Waals surface area (Å²) in [6, 6.07) is 17.1. The third-order valence-electron chi connectivity index (χ3n) is 5.28. The van der Waals surface area contributed by atoms with Crippen LogP contribution in [-0.4, -0.2) is 19.0 Å². The molecule has 1 fully saturated rings. The third-order valence-corrected chi connectivity index (χ3v) is 5.28. The van der Waals surface area contributed by atoms with Crippen LogP contribution in [0.15, 0.2) is 48.5 Å². The van der Waals surface area contributed by atoms with Gasteiger partial charge in [-0.05, 0) is 43.0 Å². The first kappa shape index (κ1) is 14.5. The molecule has 0 unspecified atom stereocenters. The average Bonchev–Trinajstić information content (AvgIpc) is 2.60. The lowest BCUT2D eigenvalue weighted by Crippen LogP contribution is -2.53. The zero-order chi connectivity index (χ0) is 15.9. The van der Waals surface area contributed by atoms with Gasteiger partial charge in [0.05, 0.1) is 5.41 Å². The van der Waals surface area contributed by atoms with E-state index in [0.717, 1.165) is 44.1 Å². The molecule has 2 aromatic carbocycles. The fourth-order valence-corrected chi connectivity index (χ4v) is 3.93. The SMILES string of the molecule is Cc1ccc(N2Cc3ccccc3C3(CCOCC3)C2=N)cc1. The van der Waals surface area contributed by atoms with Gasteiger partial charge in [0, 0.05) is 25.4 Å². The van der Waals surface area contributed by atoms with Crippen LogP contribution in [0.25, 0.3) is 0 Å². The highest BCUT2D eigenvalue weighted by Gasteiger charge is 2.45. The topological polar surface area (TPSA) is 36.3 Å². The molecule has 2 aromatic rings. The summed E-state index contributed by atoms with van der Waals surface area (Å²) in [5, 5.41) is 8.98. The normalized spacial score (nSPS) is 19.7. The predicted molar refractivity (Wildman–Crippen MR) is 93.3 cm³/mol. The van der Waals surface area contributed by atoms with Gasteiger partial charge in [-0.3, -0.25) is 5.41 Å². The van der Waals surface area contributed by atoms with Gasteiger partial charge in [-0.1, -0.05) is 42.0 Å². The molecule has 23 heavy (non-hydrogen) atoms. The number of benzene rings is 2. The Hall–Kier alpha value is -2.13. The van der Waals surface area contributed by atoms with Gasteiger partial charge in [-0.15, -0.1) is 0 Å². The maximum atomic E-state index is 8.98. The van der Waals surface area contributed by atoms with Crippen LogP contribution in [0.3, 0.4) is 0 Å². The van der Waals surface area contributed by atoms with Crippen molar-refractivity contribution in [1.82, 2.24) is 0 Å². The van der Waals surface area contributed by atoms with Crippen LogP contribution < -0.4 is 4.90 Å². The average molecular weight is 306 g/mol. The van der Waals surface area contributed by atoms with Crippen LogP contribution in [0.2, 0.25) is 0 Å². The molecular weight excluding hydrogens is 284 g/mol. The summed E-state index contributed by atoms with van der Waals surface area (Å²) in [6.45, 7) is 4.35. The van der Waals surface area contributed by atoms with Gasteiger partial charge < -0.3 is 9.64 Å². The van der Waals surface area contributed by atoms with Crippen molar-refractivity contribution in [2.24, 2.45) is 0 Å². The molecule has 0 aromatic heterocycles. The van der Waals surface area contributed by atoms with Crippen molar-refractivity contribution in [2.75, 3.05) is 18.1 Å². The summed E-state index contributed by atoms with van der Waals surface area (Å²) in [5.74, 6) is 0.725. The number of amidine groups is 1. The lowest BCUT2D eigenvalue weighted by Gasteiger charge is -2.47. The Labute approximate surface area is 137 Å². The zero-order valence-corrected chi connectivity index (χ0v) is 13.5. The van der Waals surface area contributed by atoms with Crippen LogP contribution in [0.1, 0.15) is 29.5 Å². The molecule has 2 aliphatic rings. The molecule has 0 saturated carbocycles. The highest BCUT2D eigenvalue weighted by molar-refractivity contribution is 6.05. The number of anilines is 1. The first-order valence-corrected chi connectivity index (χ1v) is 8.30. The zero-order valence-electron chi connectivity index (χ0n) is 13.5. The van der Waals surface area contributed by atoms with Crippen LogP contribution in [0, 0.1) is 12.3 Å². The fourth-order valence-electron chi connectivity index (χ4n) is 3.93. The van der Waals surface area contributed by atoms with Crippen molar-refractivity contribution < 1.29 is 4.74 Å². The summed E-state index contributed by atoms with van der Waals surface area (Å²) < 4.78 is 5.60. The number of fused-ring (bicyclic) bond motifs is 2. The van der Waals surface area contributed by atoms with E-state index in [1.165, 1.54) is 16.7 Å². The van der Waals surface area contributed by atoms with Crippen LogP contribution in [-0.2, 0) is 16.7 Å². The van der Waals surface area contributed by atoms with Crippen molar-refractivity contribution in [2.45, 2.75) is 31.7 Å². The third kappa shape index (κ3) is 2.27. The van der Waals surface area contributed by atoms with Crippen molar-refractivity contribution >= 4 is 11.5 Å². The minimum Gasteiger partial charge on any atom is -0.381 e. The van der Waals surface area contributed by atoms with Crippen LogP contribution in [0.4, 0.5) is 5.69 Å². The molecule has 1 N–H and O–H groups in total. The van der Waals surface area contributed by atoms with Gasteiger partial charge in [-0.2, -0.15) is 0 Å². The van der Waals surface area contributed by atoms with E-state index in [4.69, 9.17) is 10.1 Å². The van der Waals surface area contributed by atoms with Gasteiger partial charge in [0.15, 0.2) is 0 Å². The van der Waals surface area contributed by atoms with Crippen molar-refractivity contribution in [1.29, 1.82) is 5.41 Å². The van der Waals surface area contributed by atoms with E-state index in [1.54, 1.807) is 0 Å². The van der Waals surface area contributed by atoms with Gasteiger partial charge in [0.2, 0.25) is 0 Å². The number of rotatable bonds is 1.